The third-order valence-electron chi connectivity index (χ3n) is 2.85. The van der Waals surface area contributed by atoms with Crippen LogP contribution in [0.25, 0.3) is 10.9 Å². The number of nitrogens with zero attached hydrogens (tertiary/aromatic N) is 3. The Morgan fingerprint density at radius 3 is 2.89 bits per heavy atom. The number of hydrogen-bond donors (Lipinski definition) is 0. The highest BCUT2D eigenvalue weighted by Gasteiger charge is 2.03. The summed E-state index contributed by atoms with van der Waals surface area (Å²) in [6.45, 7) is 0.438. The minimum absolute atomic E-state index is 0.0365. The van der Waals surface area contributed by atoms with Gasteiger partial charge in [-0.15, -0.1) is 0 Å². The lowest BCUT2D eigenvalue weighted by molar-refractivity contribution is 0.716. The van der Waals surface area contributed by atoms with Crippen LogP contribution in [0, 0.1) is 3.57 Å². The Balaban J connectivity index is 2.01. The molecule has 0 unspecified atom stereocenters. The van der Waals surface area contributed by atoms with E-state index < -0.39 is 0 Å². The molecule has 0 saturated heterocycles. The molecule has 0 aliphatic rings. The van der Waals surface area contributed by atoms with E-state index >= 15 is 0 Å². The zero-order chi connectivity index (χ0) is 13.2. The maximum absolute atomic E-state index is 11.9. The van der Waals surface area contributed by atoms with Crippen LogP contribution in [0.15, 0.2) is 53.7 Å². The summed E-state index contributed by atoms with van der Waals surface area (Å²) in [6.07, 6.45) is 3.11. The van der Waals surface area contributed by atoms with Gasteiger partial charge in [-0.25, -0.2) is 4.98 Å². The molecule has 0 aliphatic heterocycles. The molecule has 4 nitrogen and oxygen atoms in total. The standard InChI is InChI=1S/C14H10IN3O/c15-12-7-16-9-18(14(12)19)8-11-6-5-10-3-1-2-4-13(10)17-11/h1-7,9H,8H2. The van der Waals surface area contributed by atoms with Gasteiger partial charge >= 0.3 is 0 Å². The predicted molar refractivity (Wildman–Crippen MR) is 82.1 cm³/mol. The van der Waals surface area contributed by atoms with Crippen molar-refractivity contribution in [1.82, 2.24) is 14.5 Å². The molecule has 3 aromatic rings. The molecule has 0 fully saturated rings. The Labute approximate surface area is 123 Å². The summed E-state index contributed by atoms with van der Waals surface area (Å²) >= 11 is 1.99. The molecule has 0 spiro atoms. The molecule has 0 bridgehead atoms. The van der Waals surface area contributed by atoms with Gasteiger partial charge in [-0.1, -0.05) is 24.3 Å². The molecule has 0 atom stereocenters. The number of rotatable bonds is 2. The topological polar surface area (TPSA) is 47.8 Å². The van der Waals surface area contributed by atoms with Crippen LogP contribution in [0.4, 0.5) is 0 Å². The molecule has 5 heteroatoms. The van der Waals surface area contributed by atoms with Gasteiger partial charge in [0.05, 0.1) is 27.7 Å². The van der Waals surface area contributed by atoms with Crippen molar-refractivity contribution in [3.8, 4) is 0 Å². The van der Waals surface area contributed by atoms with Gasteiger partial charge in [-0.05, 0) is 34.7 Å². The fourth-order valence-corrected chi connectivity index (χ4v) is 2.38. The van der Waals surface area contributed by atoms with E-state index in [1.807, 2.05) is 59.0 Å². The van der Waals surface area contributed by atoms with Gasteiger partial charge in [0.2, 0.25) is 0 Å². The molecule has 0 amide bonds. The van der Waals surface area contributed by atoms with Crippen LogP contribution in [0.5, 0.6) is 0 Å². The second-order valence-corrected chi connectivity index (χ2v) is 5.33. The Morgan fingerprint density at radius 2 is 2.00 bits per heavy atom. The van der Waals surface area contributed by atoms with E-state index in [4.69, 9.17) is 0 Å². The second kappa shape index (κ2) is 5.08. The molecule has 2 heterocycles. The molecule has 19 heavy (non-hydrogen) atoms. The average Bonchev–Trinajstić information content (AvgIpc) is 2.44. The summed E-state index contributed by atoms with van der Waals surface area (Å²) in [7, 11) is 0. The first-order valence-corrected chi connectivity index (χ1v) is 6.86. The van der Waals surface area contributed by atoms with Crippen molar-refractivity contribution in [3.63, 3.8) is 0 Å². The summed E-state index contributed by atoms with van der Waals surface area (Å²) in [5, 5.41) is 1.10. The Morgan fingerprint density at radius 1 is 1.16 bits per heavy atom. The van der Waals surface area contributed by atoms with Crippen LogP contribution in [-0.4, -0.2) is 14.5 Å². The van der Waals surface area contributed by atoms with E-state index in [2.05, 4.69) is 9.97 Å². The second-order valence-electron chi connectivity index (χ2n) is 4.17. The molecular formula is C14H10IN3O. The number of benzene rings is 1. The van der Waals surface area contributed by atoms with Crippen molar-refractivity contribution in [2.45, 2.75) is 6.54 Å². The summed E-state index contributed by atoms with van der Waals surface area (Å²) in [4.78, 5) is 20.5. The van der Waals surface area contributed by atoms with E-state index in [1.165, 1.54) is 0 Å². The monoisotopic (exact) mass is 363 g/mol. The molecule has 0 radical (unpaired) electrons. The first-order valence-electron chi connectivity index (χ1n) is 5.79. The number of pyridine rings is 1. The van der Waals surface area contributed by atoms with Gasteiger partial charge < -0.3 is 0 Å². The molecular weight excluding hydrogens is 353 g/mol. The fraction of sp³-hybridized carbons (Fsp3) is 0.0714. The Bertz CT molecular complexity index is 798. The minimum Gasteiger partial charge on any atom is -0.292 e. The van der Waals surface area contributed by atoms with E-state index in [-0.39, 0.29) is 5.56 Å². The molecule has 1 aromatic carbocycles. The number of fused-ring (bicyclic) bond motifs is 1. The highest BCUT2D eigenvalue weighted by molar-refractivity contribution is 14.1. The third kappa shape index (κ3) is 2.51. The third-order valence-corrected chi connectivity index (χ3v) is 3.59. The highest BCUT2D eigenvalue weighted by atomic mass is 127. The van der Waals surface area contributed by atoms with Crippen molar-refractivity contribution in [3.05, 3.63) is 68.5 Å². The van der Waals surface area contributed by atoms with E-state index in [1.54, 1.807) is 17.1 Å². The van der Waals surface area contributed by atoms with Crippen molar-refractivity contribution in [2.24, 2.45) is 0 Å². The van der Waals surface area contributed by atoms with E-state index in [0.717, 1.165) is 16.6 Å². The van der Waals surface area contributed by atoms with Gasteiger partial charge in [0, 0.05) is 11.6 Å². The molecule has 2 aromatic heterocycles. The Kier molecular flexibility index (Phi) is 3.29. The average molecular weight is 363 g/mol. The van der Waals surface area contributed by atoms with Crippen LogP contribution in [0.1, 0.15) is 5.69 Å². The lowest BCUT2D eigenvalue weighted by Crippen LogP contribution is -2.23. The number of aromatic nitrogens is 3. The lowest BCUT2D eigenvalue weighted by Gasteiger charge is -2.06. The van der Waals surface area contributed by atoms with Crippen molar-refractivity contribution >= 4 is 33.5 Å². The van der Waals surface area contributed by atoms with Crippen molar-refractivity contribution < 1.29 is 0 Å². The zero-order valence-electron chi connectivity index (χ0n) is 9.95. The van der Waals surface area contributed by atoms with Gasteiger partial charge in [0.1, 0.15) is 0 Å². The van der Waals surface area contributed by atoms with Gasteiger partial charge in [0.15, 0.2) is 0 Å². The number of halogens is 1. The summed E-state index contributed by atoms with van der Waals surface area (Å²) < 4.78 is 2.18. The SMILES string of the molecule is O=c1c(I)cncn1Cc1ccc2ccccc2n1. The van der Waals surface area contributed by atoms with Crippen molar-refractivity contribution in [1.29, 1.82) is 0 Å². The quantitative estimate of drug-likeness (QED) is 0.658. The summed E-state index contributed by atoms with van der Waals surface area (Å²) in [5.41, 5.74) is 1.75. The Hall–Kier alpha value is -1.76. The number of para-hydroxylation sites is 1. The highest BCUT2D eigenvalue weighted by Crippen LogP contribution is 2.12. The van der Waals surface area contributed by atoms with Crippen LogP contribution in [0.2, 0.25) is 0 Å². The molecule has 94 valence electrons. The van der Waals surface area contributed by atoms with Crippen LogP contribution in [-0.2, 0) is 6.54 Å². The van der Waals surface area contributed by atoms with Gasteiger partial charge in [-0.2, -0.15) is 0 Å². The smallest absolute Gasteiger partial charge is 0.267 e. The van der Waals surface area contributed by atoms with Crippen LogP contribution in [0.3, 0.4) is 0 Å². The zero-order valence-corrected chi connectivity index (χ0v) is 12.1. The molecule has 0 aliphatic carbocycles. The maximum atomic E-state index is 11.9. The van der Waals surface area contributed by atoms with Gasteiger partial charge in [0.25, 0.3) is 5.56 Å². The van der Waals surface area contributed by atoms with Crippen molar-refractivity contribution in [2.75, 3.05) is 0 Å². The first-order chi connectivity index (χ1) is 9.24. The lowest BCUT2D eigenvalue weighted by atomic mass is 10.2. The van der Waals surface area contributed by atoms with Crippen LogP contribution >= 0.6 is 22.6 Å². The molecule has 0 saturated carbocycles. The van der Waals surface area contributed by atoms with E-state index in [0.29, 0.717) is 10.1 Å². The number of hydrogen-bond acceptors (Lipinski definition) is 3. The molecule has 0 N–H and O–H groups in total. The summed E-state index contributed by atoms with van der Waals surface area (Å²) in [5.74, 6) is 0. The summed E-state index contributed by atoms with van der Waals surface area (Å²) in [6, 6.07) is 11.9. The van der Waals surface area contributed by atoms with Crippen LogP contribution < -0.4 is 5.56 Å². The minimum atomic E-state index is -0.0365. The first kappa shape index (κ1) is 12.3. The van der Waals surface area contributed by atoms with E-state index in [9.17, 15) is 4.79 Å². The predicted octanol–water partition coefficient (Wildman–Crippen LogP) is 2.44. The fourth-order valence-electron chi connectivity index (χ4n) is 1.91. The normalized spacial score (nSPS) is 10.8. The largest absolute Gasteiger partial charge is 0.292 e. The molecule has 3 rings (SSSR count). The maximum Gasteiger partial charge on any atom is 0.267 e. The van der Waals surface area contributed by atoms with Gasteiger partial charge in [-0.3, -0.25) is 14.3 Å².